The molecule has 15 heavy (non-hydrogen) atoms. The van der Waals surface area contributed by atoms with Gasteiger partial charge in [0, 0.05) is 23.7 Å². The van der Waals surface area contributed by atoms with Crippen molar-refractivity contribution < 1.29 is 0 Å². The molecular formula is C11H19N3S. The molecule has 1 saturated carbocycles. The Morgan fingerprint density at radius 3 is 2.80 bits per heavy atom. The average molecular weight is 225 g/mol. The van der Waals surface area contributed by atoms with Gasteiger partial charge in [-0.3, -0.25) is 4.90 Å². The minimum atomic E-state index is 0.547. The molecule has 0 aromatic carbocycles. The van der Waals surface area contributed by atoms with Gasteiger partial charge in [0.25, 0.3) is 0 Å². The van der Waals surface area contributed by atoms with Gasteiger partial charge < -0.3 is 5.73 Å². The van der Waals surface area contributed by atoms with Gasteiger partial charge in [-0.2, -0.15) is 0 Å². The summed E-state index contributed by atoms with van der Waals surface area (Å²) < 4.78 is 0. The van der Waals surface area contributed by atoms with Gasteiger partial charge in [0.05, 0.1) is 0 Å². The number of hydrogen-bond donors (Lipinski definition) is 1. The minimum Gasteiger partial charge on any atom is -0.375 e. The standard InChI is InChI=1S/C11H19N3S/c1-8(11(2)4-5-11)14(3)7-9-6-13-10(12)15-9/h6,8H,4-5,7H2,1-3H3,(H2,12,13). The number of nitrogens with two attached hydrogens (primary N) is 1. The number of anilines is 1. The first kappa shape index (κ1) is 10.9. The predicted molar refractivity (Wildman–Crippen MR) is 64.8 cm³/mol. The summed E-state index contributed by atoms with van der Waals surface area (Å²) in [5.74, 6) is 0. The van der Waals surface area contributed by atoms with Crippen molar-refractivity contribution in [3.8, 4) is 0 Å². The third-order valence-electron chi connectivity index (χ3n) is 3.69. The van der Waals surface area contributed by atoms with E-state index in [4.69, 9.17) is 5.73 Å². The normalized spacial score (nSPS) is 20.5. The molecule has 2 rings (SSSR count). The van der Waals surface area contributed by atoms with Crippen molar-refractivity contribution in [2.75, 3.05) is 12.8 Å². The van der Waals surface area contributed by atoms with E-state index in [0.717, 1.165) is 6.54 Å². The lowest BCUT2D eigenvalue weighted by molar-refractivity contribution is 0.179. The molecule has 1 heterocycles. The molecule has 1 aliphatic carbocycles. The number of nitrogens with zero attached hydrogens (tertiary/aromatic N) is 2. The van der Waals surface area contributed by atoms with Crippen LogP contribution >= 0.6 is 11.3 Å². The molecule has 0 radical (unpaired) electrons. The smallest absolute Gasteiger partial charge is 0.180 e. The van der Waals surface area contributed by atoms with E-state index in [1.807, 2.05) is 6.20 Å². The van der Waals surface area contributed by atoms with Gasteiger partial charge in [-0.05, 0) is 32.2 Å². The number of nitrogen functional groups attached to an aromatic ring is 1. The van der Waals surface area contributed by atoms with Crippen molar-refractivity contribution >= 4 is 16.5 Å². The summed E-state index contributed by atoms with van der Waals surface area (Å²) >= 11 is 1.59. The summed E-state index contributed by atoms with van der Waals surface area (Å²) in [7, 11) is 2.18. The molecule has 1 unspecified atom stereocenters. The fourth-order valence-corrected chi connectivity index (χ4v) is 2.67. The molecule has 1 aliphatic rings. The molecule has 1 atom stereocenters. The Balaban J connectivity index is 1.94. The molecule has 4 heteroatoms. The van der Waals surface area contributed by atoms with Gasteiger partial charge in [0.2, 0.25) is 0 Å². The first-order valence-electron chi connectivity index (χ1n) is 5.42. The second kappa shape index (κ2) is 3.76. The summed E-state index contributed by atoms with van der Waals surface area (Å²) in [6, 6.07) is 0.640. The highest BCUT2D eigenvalue weighted by molar-refractivity contribution is 7.15. The number of hydrogen-bond acceptors (Lipinski definition) is 4. The van der Waals surface area contributed by atoms with Crippen molar-refractivity contribution in [1.82, 2.24) is 9.88 Å². The first-order valence-corrected chi connectivity index (χ1v) is 6.23. The Bertz CT molecular complexity index is 343. The predicted octanol–water partition coefficient (Wildman–Crippen LogP) is 2.35. The average Bonchev–Trinajstić information content (AvgIpc) is 2.80. The molecule has 1 aromatic heterocycles. The first-order chi connectivity index (χ1) is 7.01. The second-order valence-electron chi connectivity index (χ2n) is 4.91. The summed E-state index contributed by atoms with van der Waals surface area (Å²) in [6.07, 6.45) is 4.62. The van der Waals surface area contributed by atoms with E-state index in [-0.39, 0.29) is 0 Å². The highest BCUT2D eigenvalue weighted by Gasteiger charge is 2.43. The molecule has 84 valence electrons. The maximum absolute atomic E-state index is 5.62. The van der Waals surface area contributed by atoms with Crippen LogP contribution in [0, 0.1) is 5.41 Å². The molecule has 1 aromatic rings. The van der Waals surface area contributed by atoms with Gasteiger partial charge in [-0.15, -0.1) is 11.3 Å². The Morgan fingerprint density at radius 1 is 1.67 bits per heavy atom. The van der Waals surface area contributed by atoms with Crippen LogP contribution < -0.4 is 5.73 Å². The van der Waals surface area contributed by atoms with Crippen LogP contribution in [0.5, 0.6) is 0 Å². The van der Waals surface area contributed by atoms with E-state index in [9.17, 15) is 0 Å². The van der Waals surface area contributed by atoms with E-state index in [1.165, 1.54) is 17.7 Å². The van der Waals surface area contributed by atoms with Crippen LogP contribution in [0.25, 0.3) is 0 Å². The number of rotatable bonds is 4. The molecule has 0 aliphatic heterocycles. The van der Waals surface area contributed by atoms with Crippen molar-refractivity contribution in [1.29, 1.82) is 0 Å². The highest BCUT2D eigenvalue weighted by Crippen LogP contribution is 2.49. The Hall–Kier alpha value is -0.610. The molecule has 0 bridgehead atoms. The van der Waals surface area contributed by atoms with Crippen LogP contribution in [0.4, 0.5) is 5.13 Å². The van der Waals surface area contributed by atoms with E-state index in [1.54, 1.807) is 11.3 Å². The van der Waals surface area contributed by atoms with Crippen LogP contribution in [0.15, 0.2) is 6.20 Å². The molecule has 3 nitrogen and oxygen atoms in total. The zero-order valence-electron chi connectivity index (χ0n) is 9.66. The van der Waals surface area contributed by atoms with E-state index in [2.05, 4.69) is 30.8 Å². The Labute approximate surface area is 95.3 Å². The maximum atomic E-state index is 5.62. The van der Waals surface area contributed by atoms with Crippen LogP contribution in [-0.4, -0.2) is 23.0 Å². The van der Waals surface area contributed by atoms with Gasteiger partial charge in [0.15, 0.2) is 5.13 Å². The van der Waals surface area contributed by atoms with Crippen LogP contribution in [0.3, 0.4) is 0 Å². The Kier molecular flexibility index (Phi) is 2.73. The van der Waals surface area contributed by atoms with Crippen molar-refractivity contribution in [3.05, 3.63) is 11.1 Å². The molecule has 0 saturated heterocycles. The third kappa shape index (κ3) is 2.32. The third-order valence-corrected chi connectivity index (χ3v) is 4.50. The molecule has 0 amide bonds. The highest BCUT2D eigenvalue weighted by atomic mass is 32.1. The largest absolute Gasteiger partial charge is 0.375 e. The quantitative estimate of drug-likeness (QED) is 0.855. The van der Waals surface area contributed by atoms with E-state index >= 15 is 0 Å². The summed E-state index contributed by atoms with van der Waals surface area (Å²) in [5, 5.41) is 0.670. The molecular weight excluding hydrogens is 206 g/mol. The molecule has 0 spiro atoms. The van der Waals surface area contributed by atoms with Gasteiger partial charge in [0.1, 0.15) is 0 Å². The SMILES string of the molecule is CC(N(C)Cc1cnc(N)s1)C1(C)CC1. The van der Waals surface area contributed by atoms with Crippen LogP contribution in [0.2, 0.25) is 0 Å². The lowest BCUT2D eigenvalue weighted by Crippen LogP contribution is -2.34. The fraction of sp³-hybridized carbons (Fsp3) is 0.727. The van der Waals surface area contributed by atoms with Gasteiger partial charge in [-0.25, -0.2) is 4.98 Å². The monoisotopic (exact) mass is 225 g/mol. The lowest BCUT2D eigenvalue weighted by atomic mass is 10.00. The molecule has 1 fully saturated rings. The van der Waals surface area contributed by atoms with Crippen molar-refractivity contribution in [2.24, 2.45) is 5.41 Å². The fourth-order valence-electron chi connectivity index (χ4n) is 1.93. The van der Waals surface area contributed by atoms with E-state index < -0.39 is 0 Å². The van der Waals surface area contributed by atoms with Crippen molar-refractivity contribution in [3.63, 3.8) is 0 Å². The number of aromatic nitrogens is 1. The lowest BCUT2D eigenvalue weighted by Gasteiger charge is -2.29. The zero-order chi connectivity index (χ0) is 11.1. The topological polar surface area (TPSA) is 42.2 Å². The van der Waals surface area contributed by atoms with Crippen LogP contribution in [-0.2, 0) is 6.54 Å². The Morgan fingerprint density at radius 2 is 2.33 bits per heavy atom. The minimum absolute atomic E-state index is 0.547. The van der Waals surface area contributed by atoms with Crippen molar-refractivity contribution in [2.45, 2.75) is 39.3 Å². The van der Waals surface area contributed by atoms with Gasteiger partial charge in [-0.1, -0.05) is 6.92 Å². The summed E-state index contributed by atoms with van der Waals surface area (Å²) in [6.45, 7) is 5.65. The molecule has 2 N–H and O–H groups in total. The maximum Gasteiger partial charge on any atom is 0.180 e. The summed E-state index contributed by atoms with van der Waals surface area (Å²) in [5.41, 5.74) is 6.16. The number of thiazole rings is 1. The zero-order valence-corrected chi connectivity index (χ0v) is 10.5. The van der Waals surface area contributed by atoms with Gasteiger partial charge >= 0.3 is 0 Å². The van der Waals surface area contributed by atoms with Crippen LogP contribution in [0.1, 0.15) is 31.6 Å². The summed E-state index contributed by atoms with van der Waals surface area (Å²) in [4.78, 5) is 7.73. The van der Waals surface area contributed by atoms with E-state index in [0.29, 0.717) is 16.6 Å². The second-order valence-corrected chi connectivity index (χ2v) is 6.06.